The Morgan fingerprint density at radius 1 is 1.58 bits per heavy atom. The van der Waals surface area contributed by atoms with Gasteiger partial charge in [0.05, 0.1) is 12.2 Å². The van der Waals surface area contributed by atoms with Gasteiger partial charge in [-0.3, -0.25) is 4.79 Å². The number of nitrogens with zero attached hydrogens (tertiary/aromatic N) is 1. The molecule has 0 aliphatic rings. The Balaban J connectivity index is 2.46. The lowest BCUT2D eigenvalue weighted by atomic mass is 10.2. The minimum Gasteiger partial charge on any atom is -0.379 e. The van der Waals surface area contributed by atoms with E-state index in [0.717, 1.165) is 0 Å². The molecule has 0 saturated carbocycles. The first-order valence-corrected chi connectivity index (χ1v) is 6.03. The number of hydrogen-bond donors (Lipinski definition) is 3. The average molecular weight is 270 g/mol. The molecular formula is C12H19FN4O2. The molecule has 1 rings (SSSR count). The number of nitrogens with two attached hydrogens (primary N) is 1. The number of hydrazine groups is 1. The van der Waals surface area contributed by atoms with Gasteiger partial charge in [-0.2, -0.15) is 0 Å². The number of rotatable bonds is 7. The lowest BCUT2D eigenvalue weighted by molar-refractivity contribution is 0.0883. The molecule has 106 valence electrons. The fourth-order valence-electron chi connectivity index (χ4n) is 1.37. The number of anilines is 1. The van der Waals surface area contributed by atoms with E-state index in [-0.39, 0.29) is 11.4 Å². The van der Waals surface area contributed by atoms with E-state index in [2.05, 4.69) is 15.7 Å². The smallest absolute Gasteiger partial charge is 0.254 e. The van der Waals surface area contributed by atoms with Crippen LogP contribution in [0.2, 0.25) is 0 Å². The summed E-state index contributed by atoms with van der Waals surface area (Å²) in [4.78, 5) is 15.4. The van der Waals surface area contributed by atoms with Crippen LogP contribution in [-0.4, -0.2) is 30.6 Å². The first-order valence-electron chi connectivity index (χ1n) is 6.03. The zero-order valence-corrected chi connectivity index (χ0v) is 11.1. The molecule has 1 heterocycles. The Kier molecular flexibility index (Phi) is 6.17. The van der Waals surface area contributed by atoms with E-state index in [1.807, 2.05) is 13.8 Å². The second kappa shape index (κ2) is 7.65. The number of carbonyl (C=O) groups excluding carboxylic acids is 1. The summed E-state index contributed by atoms with van der Waals surface area (Å²) in [5, 5.41) is 2.56. The van der Waals surface area contributed by atoms with E-state index in [1.54, 1.807) is 0 Å². The molecule has 1 aromatic heterocycles. The first kappa shape index (κ1) is 15.3. The van der Waals surface area contributed by atoms with Gasteiger partial charge in [-0.05, 0) is 12.0 Å². The molecule has 0 bridgehead atoms. The third-order valence-corrected chi connectivity index (χ3v) is 2.25. The number of amides is 1. The lowest BCUT2D eigenvalue weighted by Crippen LogP contribution is -2.29. The summed E-state index contributed by atoms with van der Waals surface area (Å²) >= 11 is 0. The summed E-state index contributed by atoms with van der Waals surface area (Å²) in [6.45, 7) is 5.40. The molecule has 0 saturated heterocycles. The van der Waals surface area contributed by atoms with Crippen molar-refractivity contribution in [1.82, 2.24) is 10.3 Å². The molecular weight excluding hydrogens is 251 g/mol. The van der Waals surface area contributed by atoms with Crippen LogP contribution >= 0.6 is 0 Å². The minimum atomic E-state index is -0.773. The fraction of sp³-hybridized carbons (Fsp3) is 0.500. The number of carbonyl (C=O) groups is 1. The number of pyridine rings is 1. The van der Waals surface area contributed by atoms with Gasteiger partial charge in [-0.25, -0.2) is 15.2 Å². The summed E-state index contributed by atoms with van der Waals surface area (Å²) in [7, 11) is 0. The predicted octanol–water partition coefficient (Wildman–Crippen LogP) is 0.909. The highest BCUT2D eigenvalue weighted by Gasteiger charge is 2.14. The van der Waals surface area contributed by atoms with Gasteiger partial charge in [0.25, 0.3) is 5.91 Å². The van der Waals surface area contributed by atoms with Crippen molar-refractivity contribution in [2.24, 2.45) is 11.8 Å². The van der Waals surface area contributed by atoms with Gasteiger partial charge in [-0.15, -0.1) is 0 Å². The number of hydrogen-bond acceptors (Lipinski definition) is 5. The summed E-state index contributed by atoms with van der Waals surface area (Å²) in [5.41, 5.74) is 1.98. The van der Waals surface area contributed by atoms with Crippen LogP contribution in [0.15, 0.2) is 12.3 Å². The van der Waals surface area contributed by atoms with E-state index in [1.165, 1.54) is 12.3 Å². The van der Waals surface area contributed by atoms with Gasteiger partial charge in [-0.1, -0.05) is 13.8 Å². The molecule has 19 heavy (non-hydrogen) atoms. The average Bonchev–Trinajstić information content (AvgIpc) is 2.38. The molecule has 0 atom stereocenters. The highest BCUT2D eigenvalue weighted by atomic mass is 19.1. The van der Waals surface area contributed by atoms with Gasteiger partial charge in [0.15, 0.2) is 11.6 Å². The fourth-order valence-corrected chi connectivity index (χ4v) is 1.37. The maximum absolute atomic E-state index is 13.7. The van der Waals surface area contributed by atoms with Crippen LogP contribution in [0.5, 0.6) is 0 Å². The topological polar surface area (TPSA) is 89.3 Å². The highest BCUT2D eigenvalue weighted by Crippen LogP contribution is 2.13. The van der Waals surface area contributed by atoms with Crippen molar-refractivity contribution in [3.8, 4) is 0 Å². The Hall–Kier alpha value is -1.73. The Bertz CT molecular complexity index is 426. The molecule has 7 heteroatoms. The van der Waals surface area contributed by atoms with E-state index in [4.69, 9.17) is 10.6 Å². The number of aromatic nitrogens is 1. The van der Waals surface area contributed by atoms with Gasteiger partial charge in [0.1, 0.15) is 0 Å². The zero-order valence-electron chi connectivity index (χ0n) is 11.1. The largest absolute Gasteiger partial charge is 0.379 e. The SMILES string of the molecule is CC(C)COCCNC(=O)c1ccnc(NN)c1F. The second-order valence-electron chi connectivity index (χ2n) is 4.39. The predicted molar refractivity (Wildman–Crippen MR) is 70.0 cm³/mol. The van der Waals surface area contributed by atoms with Gasteiger partial charge in [0.2, 0.25) is 0 Å². The minimum absolute atomic E-state index is 0.105. The Labute approximate surface area is 111 Å². The quantitative estimate of drug-likeness (QED) is 0.389. The first-order chi connectivity index (χ1) is 9.06. The van der Waals surface area contributed by atoms with Gasteiger partial charge in [0, 0.05) is 19.3 Å². The summed E-state index contributed by atoms with van der Waals surface area (Å²) < 4.78 is 19.0. The van der Waals surface area contributed by atoms with Gasteiger partial charge < -0.3 is 15.5 Å². The molecule has 0 aliphatic heterocycles. The van der Waals surface area contributed by atoms with Crippen molar-refractivity contribution in [2.75, 3.05) is 25.2 Å². The molecule has 0 unspecified atom stereocenters. The molecule has 0 fully saturated rings. The zero-order chi connectivity index (χ0) is 14.3. The number of nitrogens with one attached hydrogen (secondary N) is 2. The maximum atomic E-state index is 13.7. The Morgan fingerprint density at radius 3 is 2.95 bits per heavy atom. The summed E-state index contributed by atoms with van der Waals surface area (Å²) in [6.07, 6.45) is 1.31. The molecule has 6 nitrogen and oxygen atoms in total. The molecule has 1 aromatic rings. The van der Waals surface area contributed by atoms with Crippen molar-refractivity contribution >= 4 is 11.7 Å². The molecule has 1 amide bonds. The van der Waals surface area contributed by atoms with Crippen LogP contribution < -0.4 is 16.6 Å². The van der Waals surface area contributed by atoms with Crippen molar-refractivity contribution in [2.45, 2.75) is 13.8 Å². The molecule has 4 N–H and O–H groups in total. The normalized spacial score (nSPS) is 10.6. The highest BCUT2D eigenvalue weighted by molar-refractivity contribution is 5.95. The number of nitrogen functional groups attached to an aromatic ring is 1. The monoisotopic (exact) mass is 270 g/mol. The summed E-state index contributed by atoms with van der Waals surface area (Å²) in [6, 6.07) is 1.29. The van der Waals surface area contributed by atoms with Crippen LogP contribution in [-0.2, 0) is 4.74 Å². The summed E-state index contributed by atoms with van der Waals surface area (Å²) in [5.74, 6) is 4.06. The lowest BCUT2D eigenvalue weighted by Gasteiger charge is -2.09. The van der Waals surface area contributed by atoms with Crippen molar-refractivity contribution in [3.05, 3.63) is 23.6 Å². The van der Waals surface area contributed by atoms with E-state index in [0.29, 0.717) is 25.7 Å². The van der Waals surface area contributed by atoms with Crippen molar-refractivity contribution < 1.29 is 13.9 Å². The van der Waals surface area contributed by atoms with E-state index in [9.17, 15) is 9.18 Å². The van der Waals surface area contributed by atoms with Crippen molar-refractivity contribution in [1.29, 1.82) is 0 Å². The molecule has 0 radical (unpaired) electrons. The number of halogens is 1. The van der Waals surface area contributed by atoms with Crippen LogP contribution in [0.1, 0.15) is 24.2 Å². The van der Waals surface area contributed by atoms with Crippen molar-refractivity contribution in [3.63, 3.8) is 0 Å². The van der Waals surface area contributed by atoms with Crippen LogP contribution in [0.3, 0.4) is 0 Å². The van der Waals surface area contributed by atoms with Crippen LogP contribution in [0.4, 0.5) is 10.2 Å². The van der Waals surface area contributed by atoms with Crippen LogP contribution in [0, 0.1) is 11.7 Å². The van der Waals surface area contributed by atoms with E-state index >= 15 is 0 Å². The second-order valence-corrected chi connectivity index (χ2v) is 4.39. The third kappa shape index (κ3) is 4.80. The Morgan fingerprint density at radius 2 is 2.32 bits per heavy atom. The maximum Gasteiger partial charge on any atom is 0.254 e. The molecule has 0 spiro atoms. The standard InChI is InChI=1S/C12H19FN4O2/c1-8(2)7-19-6-5-16-12(18)9-3-4-15-11(17-14)10(9)13/h3-4,8H,5-7,14H2,1-2H3,(H,15,17)(H,16,18). The number of ether oxygens (including phenoxy) is 1. The third-order valence-electron chi connectivity index (χ3n) is 2.25. The van der Waals surface area contributed by atoms with Gasteiger partial charge >= 0.3 is 0 Å². The molecule has 0 aliphatic carbocycles. The van der Waals surface area contributed by atoms with E-state index < -0.39 is 11.7 Å². The molecule has 0 aromatic carbocycles. The van der Waals surface area contributed by atoms with Crippen LogP contribution in [0.25, 0.3) is 0 Å².